The normalized spacial score (nSPS) is 13.6. The van der Waals surface area contributed by atoms with E-state index < -0.39 is 17.2 Å². The van der Waals surface area contributed by atoms with Crippen molar-refractivity contribution in [3.63, 3.8) is 0 Å². The fraction of sp³-hybridized carbons (Fsp3) is 0.350. The molecule has 2 aromatic rings. The molecular formula is C20H22F2O3. The minimum Gasteiger partial charge on any atom is -0.465 e. The predicted octanol–water partition coefficient (Wildman–Crippen LogP) is 4.43. The molecule has 0 spiro atoms. The van der Waals surface area contributed by atoms with Gasteiger partial charge in [0.1, 0.15) is 11.6 Å². The molecule has 1 N–H and O–H groups in total. The number of hydrogen-bond donors (Lipinski definition) is 1. The monoisotopic (exact) mass is 348 g/mol. The van der Waals surface area contributed by atoms with Crippen molar-refractivity contribution in [3.05, 3.63) is 59.7 Å². The molecule has 0 bridgehead atoms. The summed E-state index contributed by atoms with van der Waals surface area (Å²) in [6.07, 6.45) is 0.246. The molecule has 0 aliphatic rings. The van der Waals surface area contributed by atoms with Crippen molar-refractivity contribution in [1.82, 2.24) is 0 Å². The van der Waals surface area contributed by atoms with E-state index in [1.165, 1.54) is 12.1 Å². The van der Waals surface area contributed by atoms with Crippen LogP contribution in [0.15, 0.2) is 42.5 Å². The summed E-state index contributed by atoms with van der Waals surface area (Å²) in [5, 5.41) is 10.6. The van der Waals surface area contributed by atoms with Crippen molar-refractivity contribution in [1.29, 1.82) is 0 Å². The maximum absolute atomic E-state index is 13.8. The van der Waals surface area contributed by atoms with E-state index in [1.54, 1.807) is 45.0 Å². The van der Waals surface area contributed by atoms with Gasteiger partial charge in [-0.15, -0.1) is 0 Å². The zero-order valence-corrected chi connectivity index (χ0v) is 14.6. The Morgan fingerprint density at radius 1 is 1.16 bits per heavy atom. The standard InChI is InChI=1S/C20H22F2O3/c1-13(2)19(23)25-11-10-20(3,24)15-6-4-14(5-7-15)17-9-8-16(21)12-18(17)22/h4-9,12-13,24H,10-11H2,1-3H3. The Morgan fingerprint density at radius 2 is 1.80 bits per heavy atom. The number of benzene rings is 2. The molecule has 1 atom stereocenters. The first-order valence-electron chi connectivity index (χ1n) is 8.15. The lowest BCUT2D eigenvalue weighted by molar-refractivity contribution is -0.148. The van der Waals surface area contributed by atoms with Crippen molar-refractivity contribution in [3.8, 4) is 11.1 Å². The second-order valence-electron chi connectivity index (χ2n) is 6.55. The van der Waals surface area contributed by atoms with E-state index >= 15 is 0 Å². The van der Waals surface area contributed by atoms with Gasteiger partial charge in [0.2, 0.25) is 0 Å². The van der Waals surface area contributed by atoms with Crippen LogP contribution < -0.4 is 0 Å². The number of esters is 1. The van der Waals surface area contributed by atoms with E-state index in [0.717, 1.165) is 6.07 Å². The van der Waals surface area contributed by atoms with Gasteiger partial charge in [0.25, 0.3) is 0 Å². The molecule has 0 aliphatic carbocycles. The zero-order valence-electron chi connectivity index (χ0n) is 14.6. The van der Waals surface area contributed by atoms with Crippen LogP contribution in [0.4, 0.5) is 8.78 Å². The average molecular weight is 348 g/mol. The van der Waals surface area contributed by atoms with Crippen LogP contribution in [0, 0.1) is 17.6 Å². The second-order valence-corrected chi connectivity index (χ2v) is 6.55. The molecule has 0 aliphatic heterocycles. The minimum absolute atomic E-state index is 0.109. The molecule has 25 heavy (non-hydrogen) atoms. The molecule has 0 fully saturated rings. The summed E-state index contributed by atoms with van der Waals surface area (Å²) in [5.74, 6) is -1.79. The van der Waals surface area contributed by atoms with Crippen LogP contribution in [-0.2, 0) is 15.1 Å². The maximum atomic E-state index is 13.8. The number of ether oxygens (including phenoxy) is 1. The van der Waals surface area contributed by atoms with Crippen LogP contribution in [0.25, 0.3) is 11.1 Å². The van der Waals surface area contributed by atoms with Gasteiger partial charge in [0, 0.05) is 18.1 Å². The highest BCUT2D eigenvalue weighted by molar-refractivity contribution is 5.71. The van der Waals surface area contributed by atoms with Crippen LogP contribution in [0.1, 0.15) is 32.8 Å². The molecule has 0 aromatic heterocycles. The summed E-state index contributed by atoms with van der Waals surface area (Å²) in [7, 11) is 0. The van der Waals surface area contributed by atoms with E-state index in [0.29, 0.717) is 16.7 Å². The fourth-order valence-electron chi connectivity index (χ4n) is 2.39. The smallest absolute Gasteiger partial charge is 0.308 e. The lowest BCUT2D eigenvalue weighted by Gasteiger charge is -2.24. The van der Waals surface area contributed by atoms with E-state index in [2.05, 4.69) is 0 Å². The second kappa shape index (κ2) is 7.74. The van der Waals surface area contributed by atoms with Crippen LogP contribution >= 0.6 is 0 Å². The first-order valence-corrected chi connectivity index (χ1v) is 8.15. The van der Waals surface area contributed by atoms with Crippen LogP contribution in [0.2, 0.25) is 0 Å². The van der Waals surface area contributed by atoms with Crippen molar-refractivity contribution in [2.75, 3.05) is 6.61 Å². The summed E-state index contributed by atoms with van der Waals surface area (Å²) in [5.41, 5.74) is 0.318. The molecule has 134 valence electrons. The molecular weight excluding hydrogens is 326 g/mol. The van der Waals surface area contributed by atoms with Gasteiger partial charge in [0.15, 0.2) is 0 Å². The zero-order chi connectivity index (χ0) is 18.6. The van der Waals surface area contributed by atoms with Crippen molar-refractivity contribution < 1.29 is 23.4 Å². The van der Waals surface area contributed by atoms with Gasteiger partial charge < -0.3 is 9.84 Å². The number of aliphatic hydroxyl groups is 1. The van der Waals surface area contributed by atoms with E-state index in [9.17, 15) is 18.7 Å². The largest absolute Gasteiger partial charge is 0.465 e. The van der Waals surface area contributed by atoms with E-state index in [1.807, 2.05) is 0 Å². The lowest BCUT2D eigenvalue weighted by atomic mass is 9.91. The molecule has 3 nitrogen and oxygen atoms in total. The SMILES string of the molecule is CC(C)C(=O)OCCC(C)(O)c1ccc(-c2ccc(F)cc2F)cc1. The highest BCUT2D eigenvalue weighted by atomic mass is 19.1. The first-order chi connectivity index (χ1) is 11.7. The average Bonchev–Trinajstić information content (AvgIpc) is 2.54. The third-order valence-corrected chi connectivity index (χ3v) is 4.05. The molecule has 0 heterocycles. The van der Waals surface area contributed by atoms with E-state index in [4.69, 9.17) is 4.74 Å². The molecule has 5 heteroatoms. The van der Waals surface area contributed by atoms with Crippen LogP contribution in [-0.4, -0.2) is 17.7 Å². The summed E-state index contributed by atoms with van der Waals surface area (Å²) in [4.78, 5) is 11.5. The molecule has 0 saturated carbocycles. The third kappa shape index (κ3) is 4.86. The summed E-state index contributed by atoms with van der Waals surface area (Å²) in [6, 6.07) is 10.1. The maximum Gasteiger partial charge on any atom is 0.308 e. The predicted molar refractivity (Wildman–Crippen MR) is 91.8 cm³/mol. The Bertz CT molecular complexity index is 737. The minimum atomic E-state index is -1.18. The number of hydrogen-bond acceptors (Lipinski definition) is 3. The Balaban J connectivity index is 2.08. The Kier molecular flexibility index (Phi) is 5.90. The Hall–Kier alpha value is -2.27. The van der Waals surface area contributed by atoms with Gasteiger partial charge in [-0.2, -0.15) is 0 Å². The summed E-state index contributed by atoms with van der Waals surface area (Å²) < 4.78 is 31.9. The van der Waals surface area contributed by atoms with Crippen LogP contribution in [0.5, 0.6) is 0 Å². The van der Waals surface area contributed by atoms with Crippen molar-refractivity contribution in [2.45, 2.75) is 32.8 Å². The Labute approximate surface area is 146 Å². The van der Waals surface area contributed by atoms with Gasteiger partial charge >= 0.3 is 5.97 Å². The molecule has 0 radical (unpaired) electrons. The molecule has 0 saturated heterocycles. The number of carbonyl (C=O) groups is 1. The fourth-order valence-corrected chi connectivity index (χ4v) is 2.39. The van der Waals surface area contributed by atoms with Gasteiger partial charge in [-0.25, -0.2) is 8.78 Å². The molecule has 2 rings (SSSR count). The van der Waals surface area contributed by atoms with Gasteiger partial charge in [-0.05, 0) is 30.2 Å². The quantitative estimate of drug-likeness (QED) is 0.786. The number of rotatable bonds is 6. The van der Waals surface area contributed by atoms with Gasteiger partial charge in [-0.1, -0.05) is 38.1 Å². The number of halogens is 2. The summed E-state index contributed by atoms with van der Waals surface area (Å²) in [6.45, 7) is 5.23. The van der Waals surface area contributed by atoms with Crippen LogP contribution in [0.3, 0.4) is 0 Å². The highest BCUT2D eigenvalue weighted by Crippen LogP contribution is 2.29. The van der Waals surface area contributed by atoms with Gasteiger partial charge in [0.05, 0.1) is 18.1 Å². The molecule has 0 amide bonds. The van der Waals surface area contributed by atoms with Gasteiger partial charge in [-0.3, -0.25) is 4.79 Å². The Morgan fingerprint density at radius 3 is 2.36 bits per heavy atom. The number of carbonyl (C=O) groups excluding carboxylic acids is 1. The molecule has 2 aromatic carbocycles. The topological polar surface area (TPSA) is 46.5 Å². The highest BCUT2D eigenvalue weighted by Gasteiger charge is 2.24. The first kappa shape index (κ1) is 19.1. The van der Waals surface area contributed by atoms with Crippen molar-refractivity contribution >= 4 is 5.97 Å². The van der Waals surface area contributed by atoms with Crippen molar-refractivity contribution in [2.24, 2.45) is 5.92 Å². The summed E-state index contributed by atoms with van der Waals surface area (Å²) >= 11 is 0. The lowest BCUT2D eigenvalue weighted by Crippen LogP contribution is -2.25. The third-order valence-electron chi connectivity index (χ3n) is 4.05. The van der Waals surface area contributed by atoms with E-state index in [-0.39, 0.29) is 24.9 Å². The molecule has 1 unspecified atom stereocenters.